The van der Waals surface area contributed by atoms with Crippen LogP contribution >= 0.6 is 0 Å². The molecular formula is C24H29N5O3. The van der Waals surface area contributed by atoms with Gasteiger partial charge in [-0.3, -0.25) is 9.59 Å². The van der Waals surface area contributed by atoms with Crippen LogP contribution < -0.4 is 20.9 Å². The molecule has 3 N–H and O–H groups in total. The lowest BCUT2D eigenvalue weighted by Crippen LogP contribution is -2.49. The van der Waals surface area contributed by atoms with Crippen molar-refractivity contribution in [1.82, 2.24) is 15.5 Å². The molecule has 0 aromatic heterocycles. The molecule has 1 saturated carbocycles. The molecule has 0 spiro atoms. The summed E-state index contributed by atoms with van der Waals surface area (Å²) in [6.07, 6.45) is 2.29. The van der Waals surface area contributed by atoms with Gasteiger partial charge in [-0.25, -0.2) is 4.79 Å². The lowest BCUT2D eigenvalue weighted by atomic mass is 10.2. The molecule has 2 aromatic rings. The normalized spacial score (nSPS) is 15.8. The van der Waals surface area contributed by atoms with Crippen molar-refractivity contribution in [3.8, 4) is 0 Å². The number of benzene rings is 2. The molecule has 0 radical (unpaired) electrons. The molecule has 0 atom stereocenters. The number of hydrogen-bond donors (Lipinski definition) is 3. The van der Waals surface area contributed by atoms with Gasteiger partial charge >= 0.3 is 6.03 Å². The Balaban J connectivity index is 1.19. The molecule has 1 aliphatic heterocycles. The predicted molar refractivity (Wildman–Crippen MR) is 124 cm³/mol. The molecule has 2 aromatic carbocycles. The van der Waals surface area contributed by atoms with Crippen molar-refractivity contribution in [1.29, 1.82) is 0 Å². The van der Waals surface area contributed by atoms with Gasteiger partial charge in [-0.05, 0) is 43.2 Å². The molecule has 0 bridgehead atoms. The number of rotatable bonds is 7. The second-order valence-corrected chi connectivity index (χ2v) is 8.16. The van der Waals surface area contributed by atoms with Crippen LogP contribution in [0.5, 0.6) is 0 Å². The van der Waals surface area contributed by atoms with Crippen molar-refractivity contribution in [2.45, 2.75) is 25.3 Å². The zero-order valence-electron chi connectivity index (χ0n) is 18.0. The van der Waals surface area contributed by atoms with E-state index >= 15 is 0 Å². The molecule has 0 unspecified atom stereocenters. The fourth-order valence-electron chi connectivity index (χ4n) is 3.71. The Labute approximate surface area is 188 Å². The molecule has 1 heterocycles. The summed E-state index contributed by atoms with van der Waals surface area (Å²) in [6.45, 7) is 3.24. The van der Waals surface area contributed by atoms with Crippen molar-refractivity contribution in [3.63, 3.8) is 0 Å². The van der Waals surface area contributed by atoms with Crippen molar-refractivity contribution in [3.05, 3.63) is 60.2 Å². The molecule has 8 nitrogen and oxygen atoms in total. The monoisotopic (exact) mass is 435 g/mol. The Bertz CT molecular complexity index is 953. The molecule has 168 valence electrons. The van der Waals surface area contributed by atoms with E-state index in [0.29, 0.717) is 24.3 Å². The van der Waals surface area contributed by atoms with Gasteiger partial charge < -0.3 is 25.8 Å². The maximum Gasteiger partial charge on any atom is 0.319 e. The molecule has 8 heteroatoms. The summed E-state index contributed by atoms with van der Waals surface area (Å²) < 4.78 is 0. The highest BCUT2D eigenvalue weighted by Gasteiger charge is 2.23. The average Bonchev–Trinajstić information content (AvgIpc) is 3.63. The summed E-state index contributed by atoms with van der Waals surface area (Å²) in [7, 11) is 0. The SMILES string of the molecule is O=C(Nc1cccc(C(=O)NCCC(=O)N2CCN(c3ccccc3)CC2)c1)NC1CC1. The van der Waals surface area contributed by atoms with E-state index < -0.39 is 0 Å². The number of anilines is 2. The maximum atomic E-state index is 12.5. The summed E-state index contributed by atoms with van der Waals surface area (Å²) in [5.74, 6) is -0.219. The summed E-state index contributed by atoms with van der Waals surface area (Å²) >= 11 is 0. The van der Waals surface area contributed by atoms with Gasteiger partial charge in [0.1, 0.15) is 0 Å². The number of piperazine rings is 1. The van der Waals surface area contributed by atoms with E-state index in [1.165, 1.54) is 5.69 Å². The topological polar surface area (TPSA) is 93.8 Å². The number of hydrogen-bond acceptors (Lipinski definition) is 4. The minimum Gasteiger partial charge on any atom is -0.368 e. The number of nitrogens with zero attached hydrogens (tertiary/aromatic N) is 2. The molecule has 1 saturated heterocycles. The number of para-hydroxylation sites is 1. The third-order valence-corrected chi connectivity index (χ3v) is 5.67. The van der Waals surface area contributed by atoms with Crippen LogP contribution in [0, 0.1) is 0 Å². The van der Waals surface area contributed by atoms with E-state index in [1.54, 1.807) is 24.3 Å². The largest absolute Gasteiger partial charge is 0.368 e. The molecule has 32 heavy (non-hydrogen) atoms. The van der Waals surface area contributed by atoms with Crippen molar-refractivity contribution < 1.29 is 14.4 Å². The first-order valence-corrected chi connectivity index (χ1v) is 11.1. The van der Waals surface area contributed by atoms with Crippen LogP contribution in [0.1, 0.15) is 29.6 Å². The third-order valence-electron chi connectivity index (χ3n) is 5.67. The molecular weight excluding hydrogens is 406 g/mol. The number of amides is 4. The highest BCUT2D eigenvalue weighted by atomic mass is 16.2. The van der Waals surface area contributed by atoms with E-state index in [9.17, 15) is 14.4 Å². The predicted octanol–water partition coefficient (Wildman–Crippen LogP) is 2.44. The number of carbonyl (C=O) groups excluding carboxylic acids is 3. The first-order valence-electron chi connectivity index (χ1n) is 11.1. The third kappa shape index (κ3) is 6.00. The average molecular weight is 436 g/mol. The van der Waals surface area contributed by atoms with Gasteiger partial charge in [-0.2, -0.15) is 0 Å². The lowest BCUT2D eigenvalue weighted by molar-refractivity contribution is -0.131. The fourth-order valence-corrected chi connectivity index (χ4v) is 3.71. The smallest absolute Gasteiger partial charge is 0.319 e. The Morgan fingerprint density at radius 2 is 1.66 bits per heavy atom. The van der Waals surface area contributed by atoms with Gasteiger partial charge in [0, 0.05) is 62.1 Å². The molecule has 4 amide bonds. The van der Waals surface area contributed by atoms with Gasteiger partial charge in [0.2, 0.25) is 5.91 Å². The highest BCUT2D eigenvalue weighted by molar-refractivity contribution is 5.97. The lowest BCUT2D eigenvalue weighted by Gasteiger charge is -2.36. The molecule has 2 fully saturated rings. The van der Waals surface area contributed by atoms with Crippen LogP contribution in [-0.4, -0.2) is 61.5 Å². The van der Waals surface area contributed by atoms with Gasteiger partial charge in [-0.1, -0.05) is 24.3 Å². The Hall–Kier alpha value is -3.55. The first kappa shape index (κ1) is 21.7. The van der Waals surface area contributed by atoms with Crippen LogP contribution in [0.25, 0.3) is 0 Å². The molecule has 2 aliphatic rings. The van der Waals surface area contributed by atoms with Crippen LogP contribution in [0.2, 0.25) is 0 Å². The fraction of sp³-hybridized carbons (Fsp3) is 0.375. The van der Waals surface area contributed by atoms with Crippen molar-refractivity contribution >= 4 is 29.2 Å². The van der Waals surface area contributed by atoms with Gasteiger partial charge in [0.05, 0.1) is 0 Å². The zero-order chi connectivity index (χ0) is 22.3. The Morgan fingerprint density at radius 1 is 0.906 bits per heavy atom. The summed E-state index contributed by atoms with van der Waals surface area (Å²) in [4.78, 5) is 41.0. The van der Waals surface area contributed by atoms with E-state index in [-0.39, 0.29) is 36.9 Å². The summed E-state index contributed by atoms with van der Waals surface area (Å²) in [5.41, 5.74) is 2.18. The number of nitrogens with one attached hydrogen (secondary N) is 3. The second kappa shape index (κ2) is 10.2. The highest BCUT2D eigenvalue weighted by Crippen LogP contribution is 2.19. The maximum absolute atomic E-state index is 12.5. The summed E-state index contributed by atoms with van der Waals surface area (Å²) in [5, 5.41) is 8.39. The van der Waals surface area contributed by atoms with Crippen molar-refractivity contribution in [2.24, 2.45) is 0 Å². The minimum absolute atomic E-state index is 0.0465. The first-order chi connectivity index (χ1) is 15.6. The van der Waals surface area contributed by atoms with Crippen LogP contribution in [0.3, 0.4) is 0 Å². The van der Waals surface area contributed by atoms with Gasteiger partial charge in [0.15, 0.2) is 0 Å². The van der Waals surface area contributed by atoms with E-state index in [0.717, 1.165) is 25.9 Å². The quantitative estimate of drug-likeness (QED) is 0.623. The van der Waals surface area contributed by atoms with Crippen LogP contribution in [0.4, 0.5) is 16.2 Å². The standard InChI is InChI=1S/C24H29N5O3/c30-22(29-15-13-28(14-16-29)21-7-2-1-3-8-21)11-12-25-23(31)18-5-4-6-20(17-18)27-24(32)26-19-9-10-19/h1-8,17,19H,9-16H2,(H,25,31)(H2,26,27,32). The second-order valence-electron chi connectivity index (χ2n) is 8.16. The van der Waals surface area contributed by atoms with Crippen LogP contribution in [-0.2, 0) is 4.79 Å². The molecule has 4 rings (SSSR count). The Kier molecular flexibility index (Phi) is 6.89. The van der Waals surface area contributed by atoms with E-state index in [1.807, 2.05) is 23.1 Å². The number of urea groups is 1. The molecule has 1 aliphatic carbocycles. The van der Waals surface area contributed by atoms with Crippen molar-refractivity contribution in [2.75, 3.05) is 42.9 Å². The van der Waals surface area contributed by atoms with Gasteiger partial charge in [0.25, 0.3) is 5.91 Å². The van der Waals surface area contributed by atoms with E-state index in [4.69, 9.17) is 0 Å². The Morgan fingerprint density at radius 3 is 2.38 bits per heavy atom. The van der Waals surface area contributed by atoms with E-state index in [2.05, 4.69) is 33.0 Å². The van der Waals surface area contributed by atoms with Crippen LogP contribution in [0.15, 0.2) is 54.6 Å². The van der Waals surface area contributed by atoms with Gasteiger partial charge in [-0.15, -0.1) is 0 Å². The number of carbonyl (C=O) groups is 3. The summed E-state index contributed by atoms with van der Waals surface area (Å²) in [6, 6.07) is 17.0. The zero-order valence-corrected chi connectivity index (χ0v) is 18.0. The minimum atomic E-state index is -0.266.